The van der Waals surface area contributed by atoms with Crippen molar-refractivity contribution in [1.82, 2.24) is 9.80 Å². The standard InChI is InChI=1S/C27H33FN2O4/c1-3-15-34-23-14-11-20(16-24(23)33-2)26-27(32)29(22-7-5-4-6-8-22)18-25(31)30(26)17-19-9-12-21(28)13-10-19/h9-14,16,22,26H,3-8,15,17-18H2,1-2H3. The number of benzene rings is 2. The van der Waals surface area contributed by atoms with Gasteiger partial charge in [0.1, 0.15) is 18.4 Å². The van der Waals surface area contributed by atoms with Gasteiger partial charge in [-0.2, -0.15) is 0 Å². The third-order valence-corrected chi connectivity index (χ3v) is 6.70. The molecule has 6 nitrogen and oxygen atoms in total. The smallest absolute Gasteiger partial charge is 0.250 e. The minimum absolute atomic E-state index is 0.0714. The summed E-state index contributed by atoms with van der Waals surface area (Å²) < 4.78 is 24.8. The van der Waals surface area contributed by atoms with Crippen LogP contribution in [-0.4, -0.2) is 47.9 Å². The molecule has 1 atom stereocenters. The van der Waals surface area contributed by atoms with Gasteiger partial charge in [0.05, 0.1) is 13.7 Å². The molecule has 2 fully saturated rings. The summed E-state index contributed by atoms with van der Waals surface area (Å²) in [5, 5.41) is 0. The molecule has 1 aliphatic carbocycles. The van der Waals surface area contributed by atoms with Crippen LogP contribution in [0.5, 0.6) is 11.5 Å². The van der Waals surface area contributed by atoms with Crippen LogP contribution in [0.2, 0.25) is 0 Å². The van der Waals surface area contributed by atoms with Crippen LogP contribution < -0.4 is 9.47 Å². The molecule has 0 spiro atoms. The zero-order valence-corrected chi connectivity index (χ0v) is 20.0. The maximum atomic E-state index is 13.9. The first-order valence-electron chi connectivity index (χ1n) is 12.2. The van der Waals surface area contributed by atoms with Gasteiger partial charge >= 0.3 is 0 Å². The van der Waals surface area contributed by atoms with Crippen molar-refractivity contribution in [1.29, 1.82) is 0 Å². The van der Waals surface area contributed by atoms with Crippen LogP contribution in [0.1, 0.15) is 62.6 Å². The molecule has 0 aromatic heterocycles. The van der Waals surface area contributed by atoms with Gasteiger partial charge in [-0.15, -0.1) is 0 Å². The van der Waals surface area contributed by atoms with Crippen LogP contribution >= 0.6 is 0 Å². The lowest BCUT2D eigenvalue weighted by Crippen LogP contribution is -2.58. The van der Waals surface area contributed by atoms with E-state index in [1.165, 1.54) is 18.6 Å². The normalized spacial score (nSPS) is 19.4. The Labute approximate surface area is 200 Å². The number of hydrogen-bond acceptors (Lipinski definition) is 4. The fourth-order valence-electron chi connectivity index (χ4n) is 4.92. The van der Waals surface area contributed by atoms with E-state index in [0.29, 0.717) is 23.7 Å². The summed E-state index contributed by atoms with van der Waals surface area (Å²) in [6.07, 6.45) is 6.03. The second kappa shape index (κ2) is 10.9. The van der Waals surface area contributed by atoms with Gasteiger partial charge < -0.3 is 19.3 Å². The SMILES string of the molecule is CCCOc1ccc(C2C(=O)N(C3CCCCC3)CC(=O)N2Cc2ccc(F)cc2)cc1OC. The summed E-state index contributed by atoms with van der Waals surface area (Å²) in [5.41, 5.74) is 1.45. The van der Waals surface area contributed by atoms with E-state index in [1.807, 2.05) is 13.0 Å². The molecule has 1 unspecified atom stereocenters. The third-order valence-electron chi connectivity index (χ3n) is 6.70. The lowest BCUT2D eigenvalue weighted by atomic mass is 9.91. The second-order valence-electron chi connectivity index (χ2n) is 9.07. The van der Waals surface area contributed by atoms with Crippen molar-refractivity contribution in [2.45, 2.75) is 64.1 Å². The van der Waals surface area contributed by atoms with Crippen molar-refractivity contribution in [3.63, 3.8) is 0 Å². The first kappa shape index (κ1) is 24.0. The monoisotopic (exact) mass is 468 g/mol. The first-order valence-corrected chi connectivity index (χ1v) is 12.2. The van der Waals surface area contributed by atoms with Gasteiger partial charge in [0.25, 0.3) is 5.91 Å². The molecule has 2 aromatic carbocycles. The predicted molar refractivity (Wildman–Crippen MR) is 127 cm³/mol. The third kappa shape index (κ3) is 5.18. The average molecular weight is 469 g/mol. The number of ether oxygens (including phenoxy) is 2. The number of amides is 2. The summed E-state index contributed by atoms with van der Waals surface area (Å²) in [7, 11) is 1.57. The Bertz CT molecular complexity index is 1000. The Balaban J connectivity index is 1.69. The molecule has 1 aliphatic heterocycles. The Kier molecular flexibility index (Phi) is 7.70. The molecule has 2 aromatic rings. The minimum Gasteiger partial charge on any atom is -0.493 e. The highest BCUT2D eigenvalue weighted by Crippen LogP contribution is 2.37. The zero-order valence-electron chi connectivity index (χ0n) is 20.0. The number of nitrogens with zero attached hydrogens (tertiary/aromatic N) is 2. The first-order chi connectivity index (χ1) is 16.5. The fourth-order valence-corrected chi connectivity index (χ4v) is 4.92. The van der Waals surface area contributed by atoms with Crippen molar-refractivity contribution in [2.75, 3.05) is 20.3 Å². The Hall–Kier alpha value is -3.09. The summed E-state index contributed by atoms with van der Waals surface area (Å²) in [5.74, 6) is 0.625. The van der Waals surface area contributed by atoms with Crippen molar-refractivity contribution in [3.8, 4) is 11.5 Å². The van der Waals surface area contributed by atoms with Gasteiger partial charge in [-0.3, -0.25) is 9.59 Å². The van der Waals surface area contributed by atoms with Crippen LogP contribution in [0.25, 0.3) is 0 Å². The lowest BCUT2D eigenvalue weighted by Gasteiger charge is -2.44. The molecule has 0 bridgehead atoms. The van der Waals surface area contributed by atoms with Gasteiger partial charge in [0.15, 0.2) is 11.5 Å². The summed E-state index contributed by atoms with van der Waals surface area (Å²) in [6, 6.07) is 10.8. The van der Waals surface area contributed by atoms with E-state index in [4.69, 9.17) is 9.47 Å². The Morgan fingerprint density at radius 3 is 2.41 bits per heavy atom. The molecule has 2 amide bonds. The topological polar surface area (TPSA) is 59.1 Å². The van der Waals surface area contributed by atoms with E-state index in [9.17, 15) is 14.0 Å². The molecule has 1 heterocycles. The van der Waals surface area contributed by atoms with Gasteiger partial charge in [-0.1, -0.05) is 44.4 Å². The van der Waals surface area contributed by atoms with Crippen molar-refractivity contribution in [3.05, 3.63) is 59.4 Å². The molecule has 0 N–H and O–H groups in total. The predicted octanol–water partition coefficient (Wildman–Crippen LogP) is 4.87. The van der Waals surface area contributed by atoms with E-state index in [1.54, 1.807) is 41.2 Å². The molecule has 1 saturated carbocycles. The average Bonchev–Trinajstić information content (AvgIpc) is 2.86. The highest BCUT2D eigenvalue weighted by molar-refractivity contribution is 5.96. The molecule has 182 valence electrons. The number of halogens is 1. The molecule has 4 rings (SSSR count). The van der Waals surface area contributed by atoms with Crippen LogP contribution in [-0.2, 0) is 16.1 Å². The largest absolute Gasteiger partial charge is 0.493 e. The summed E-state index contributed by atoms with van der Waals surface area (Å²) in [4.78, 5) is 30.7. The maximum Gasteiger partial charge on any atom is 0.250 e. The highest BCUT2D eigenvalue weighted by Gasteiger charge is 2.43. The van der Waals surface area contributed by atoms with E-state index < -0.39 is 6.04 Å². The van der Waals surface area contributed by atoms with Crippen molar-refractivity contribution < 1.29 is 23.5 Å². The molecule has 1 saturated heterocycles. The summed E-state index contributed by atoms with van der Waals surface area (Å²) in [6.45, 7) is 2.89. The van der Waals surface area contributed by atoms with Gasteiger partial charge in [0.2, 0.25) is 5.91 Å². The number of rotatable bonds is 8. The number of carbonyl (C=O) groups excluding carboxylic acids is 2. The molecule has 0 radical (unpaired) electrons. The molecular formula is C27H33FN2O4. The van der Waals surface area contributed by atoms with E-state index in [0.717, 1.165) is 37.7 Å². The number of carbonyl (C=O) groups is 2. The Morgan fingerprint density at radius 1 is 1.00 bits per heavy atom. The van der Waals surface area contributed by atoms with E-state index in [-0.39, 0.29) is 36.8 Å². The van der Waals surface area contributed by atoms with Crippen LogP contribution in [0.15, 0.2) is 42.5 Å². The molecule has 2 aliphatic rings. The van der Waals surface area contributed by atoms with Gasteiger partial charge in [-0.05, 0) is 54.7 Å². The number of methoxy groups -OCH3 is 1. The second-order valence-corrected chi connectivity index (χ2v) is 9.07. The number of hydrogen-bond donors (Lipinski definition) is 0. The Morgan fingerprint density at radius 2 is 1.74 bits per heavy atom. The van der Waals surface area contributed by atoms with Crippen LogP contribution in [0.3, 0.4) is 0 Å². The molecule has 34 heavy (non-hydrogen) atoms. The zero-order chi connectivity index (χ0) is 24.1. The number of piperazine rings is 1. The molecular weight excluding hydrogens is 435 g/mol. The lowest BCUT2D eigenvalue weighted by molar-refractivity contribution is -0.160. The van der Waals surface area contributed by atoms with Gasteiger partial charge in [0, 0.05) is 12.6 Å². The minimum atomic E-state index is -0.776. The van der Waals surface area contributed by atoms with E-state index >= 15 is 0 Å². The van der Waals surface area contributed by atoms with Gasteiger partial charge in [-0.25, -0.2) is 4.39 Å². The highest BCUT2D eigenvalue weighted by atomic mass is 19.1. The summed E-state index contributed by atoms with van der Waals surface area (Å²) >= 11 is 0. The van der Waals surface area contributed by atoms with Crippen molar-refractivity contribution in [2.24, 2.45) is 0 Å². The quantitative estimate of drug-likeness (QED) is 0.555. The molecule has 7 heteroatoms. The van der Waals surface area contributed by atoms with Crippen LogP contribution in [0.4, 0.5) is 4.39 Å². The van der Waals surface area contributed by atoms with Crippen LogP contribution in [0, 0.1) is 5.82 Å². The van der Waals surface area contributed by atoms with E-state index in [2.05, 4.69) is 0 Å². The maximum absolute atomic E-state index is 13.9. The fraction of sp³-hybridized carbons (Fsp3) is 0.481. The van der Waals surface area contributed by atoms with Crippen molar-refractivity contribution >= 4 is 11.8 Å².